The number of halogens is 1. The van der Waals surface area contributed by atoms with E-state index in [1.807, 2.05) is 56.3 Å². The van der Waals surface area contributed by atoms with Crippen molar-refractivity contribution in [1.29, 1.82) is 0 Å². The molecule has 1 aliphatic rings. The minimum absolute atomic E-state index is 0.0168. The Bertz CT molecular complexity index is 1330. The van der Waals surface area contributed by atoms with Crippen LogP contribution in [-0.4, -0.2) is 37.0 Å². The highest BCUT2D eigenvalue weighted by Gasteiger charge is 2.38. The van der Waals surface area contributed by atoms with E-state index in [2.05, 4.69) is 4.85 Å². The van der Waals surface area contributed by atoms with E-state index in [4.69, 9.17) is 18.2 Å². The van der Waals surface area contributed by atoms with Gasteiger partial charge in [0.15, 0.2) is 0 Å². The first-order valence-corrected chi connectivity index (χ1v) is 10.6. The van der Waals surface area contributed by atoms with E-state index in [-0.39, 0.29) is 33.1 Å². The van der Waals surface area contributed by atoms with Crippen molar-refractivity contribution in [1.82, 2.24) is 0 Å². The number of aromatic carboxylic acids is 1. The molecule has 1 N–H and O–H groups in total. The normalized spacial score (nSPS) is 15.6. The maximum Gasteiger partial charge on any atom is 0.335 e. The van der Waals surface area contributed by atoms with Gasteiger partial charge in [0, 0.05) is 25.4 Å². The fourth-order valence-electron chi connectivity index (χ4n) is 3.51. The maximum atomic E-state index is 13.4. The number of amides is 2. The molecule has 34 heavy (non-hydrogen) atoms. The smallest absolute Gasteiger partial charge is 0.335 e. The number of carboxylic acids is 1. The van der Waals surface area contributed by atoms with Gasteiger partial charge in [-0.2, -0.15) is 0 Å². The predicted octanol–water partition coefficient (Wildman–Crippen LogP) is 5.20. The monoisotopic (exact) mass is 475 g/mol. The molecular weight excluding hydrogens is 454 g/mol. The van der Waals surface area contributed by atoms with Gasteiger partial charge in [0.1, 0.15) is 0 Å². The van der Waals surface area contributed by atoms with Gasteiger partial charge in [-0.05, 0) is 67.0 Å². The molecule has 0 saturated heterocycles. The molecule has 8 heteroatoms. The summed E-state index contributed by atoms with van der Waals surface area (Å²) in [6, 6.07) is 11.6. The second kappa shape index (κ2) is 9.77. The molecule has 0 unspecified atom stereocenters. The number of benzene rings is 2. The molecule has 1 heterocycles. The first-order valence-electron chi connectivity index (χ1n) is 10.2. The van der Waals surface area contributed by atoms with E-state index in [1.54, 1.807) is 13.0 Å². The number of hydrogen-bond acceptors (Lipinski definition) is 4. The van der Waals surface area contributed by atoms with Gasteiger partial charge in [-0.3, -0.25) is 14.5 Å². The van der Waals surface area contributed by atoms with E-state index in [0.29, 0.717) is 0 Å². The van der Waals surface area contributed by atoms with Gasteiger partial charge >= 0.3 is 5.97 Å². The summed E-state index contributed by atoms with van der Waals surface area (Å²) < 4.78 is 0. The summed E-state index contributed by atoms with van der Waals surface area (Å²) in [5, 5.41) is 9.34. The number of carbonyl (C=O) groups is 3. The van der Waals surface area contributed by atoms with Gasteiger partial charge in [-0.25, -0.2) is 9.64 Å². The van der Waals surface area contributed by atoms with Crippen molar-refractivity contribution < 1.29 is 19.5 Å². The Hall–Kier alpha value is -4.15. The van der Waals surface area contributed by atoms with Crippen molar-refractivity contribution in [2.45, 2.75) is 13.8 Å². The molecule has 0 saturated carbocycles. The van der Waals surface area contributed by atoms with Crippen molar-refractivity contribution in [3.05, 3.63) is 98.5 Å². The first-order chi connectivity index (χ1) is 16.0. The summed E-state index contributed by atoms with van der Waals surface area (Å²) in [6.07, 6.45) is 3.49. The minimum Gasteiger partial charge on any atom is -0.478 e. The Morgan fingerprint density at radius 2 is 1.76 bits per heavy atom. The van der Waals surface area contributed by atoms with Crippen LogP contribution in [0.1, 0.15) is 29.8 Å². The maximum absolute atomic E-state index is 13.4. The SMILES string of the molecule is [C-]#[N+]C1=C(C)/C(=C\C(C)=C\c2ccc(N(C)C)cc2)C(=O)N(c2cc(C(=O)O)ccc2Cl)C1=O. The molecule has 0 spiro atoms. The molecule has 2 aromatic rings. The molecule has 1 aliphatic heterocycles. The molecule has 2 amide bonds. The Morgan fingerprint density at radius 1 is 1.12 bits per heavy atom. The van der Waals surface area contributed by atoms with Crippen LogP contribution in [0.3, 0.4) is 0 Å². The Kier molecular flexibility index (Phi) is 7.04. The standard InChI is InChI=1S/C26H22ClN3O4/c1-15(12-17-6-9-19(10-7-17)29(4)5)13-20-16(2)23(28-3)25(32)30(24(20)31)22-14-18(26(33)34)8-11-21(22)27/h6-14H,1-2,4-5H3,(H,33,34)/b15-12+,20-13+. The van der Waals surface area contributed by atoms with E-state index < -0.39 is 17.8 Å². The molecule has 0 aromatic heterocycles. The highest BCUT2D eigenvalue weighted by atomic mass is 35.5. The lowest BCUT2D eigenvalue weighted by molar-refractivity contribution is -0.123. The lowest BCUT2D eigenvalue weighted by Crippen LogP contribution is -2.42. The zero-order valence-electron chi connectivity index (χ0n) is 19.1. The largest absolute Gasteiger partial charge is 0.478 e. The number of anilines is 2. The van der Waals surface area contributed by atoms with Crippen LogP contribution in [0.15, 0.2) is 71.0 Å². The number of carbonyl (C=O) groups excluding carboxylic acids is 2. The zero-order valence-corrected chi connectivity index (χ0v) is 19.8. The van der Waals surface area contributed by atoms with Crippen LogP contribution >= 0.6 is 11.6 Å². The second-order valence-electron chi connectivity index (χ2n) is 7.93. The summed E-state index contributed by atoms with van der Waals surface area (Å²) in [6.45, 7) is 10.8. The third kappa shape index (κ3) is 4.77. The highest BCUT2D eigenvalue weighted by molar-refractivity contribution is 6.38. The van der Waals surface area contributed by atoms with Crippen LogP contribution in [0, 0.1) is 6.57 Å². The van der Waals surface area contributed by atoms with Crippen LogP contribution in [0.2, 0.25) is 5.02 Å². The average molecular weight is 476 g/mol. The van der Waals surface area contributed by atoms with Gasteiger partial charge in [0.2, 0.25) is 0 Å². The Balaban J connectivity index is 2.10. The summed E-state index contributed by atoms with van der Waals surface area (Å²) in [5.74, 6) is -2.77. The van der Waals surface area contributed by atoms with E-state index in [1.165, 1.54) is 12.1 Å². The van der Waals surface area contributed by atoms with Crippen molar-refractivity contribution in [2.75, 3.05) is 23.9 Å². The minimum atomic E-state index is -1.23. The van der Waals surface area contributed by atoms with Crippen LogP contribution in [-0.2, 0) is 9.59 Å². The molecule has 7 nitrogen and oxygen atoms in total. The van der Waals surface area contributed by atoms with Crippen molar-refractivity contribution in [2.24, 2.45) is 0 Å². The fourth-order valence-corrected chi connectivity index (χ4v) is 3.71. The van der Waals surface area contributed by atoms with E-state index in [9.17, 15) is 19.5 Å². The summed E-state index contributed by atoms with van der Waals surface area (Å²) in [5.41, 5.74) is 2.64. The first kappa shape index (κ1) is 24.5. The van der Waals surface area contributed by atoms with Crippen molar-refractivity contribution >= 4 is 46.8 Å². The molecular formula is C26H22ClN3O4. The van der Waals surface area contributed by atoms with E-state index in [0.717, 1.165) is 27.8 Å². The topological polar surface area (TPSA) is 82.3 Å². The Labute approximate surface area is 202 Å². The number of rotatable bonds is 5. The van der Waals surface area contributed by atoms with E-state index >= 15 is 0 Å². The average Bonchev–Trinajstić information content (AvgIpc) is 2.78. The molecule has 0 bridgehead atoms. The molecule has 2 aromatic carbocycles. The zero-order chi connectivity index (χ0) is 25.2. The van der Waals surface area contributed by atoms with Gasteiger partial charge in [-0.1, -0.05) is 29.8 Å². The van der Waals surface area contributed by atoms with Gasteiger partial charge < -0.3 is 10.0 Å². The molecule has 0 aliphatic carbocycles. The van der Waals surface area contributed by atoms with Gasteiger partial charge in [0.25, 0.3) is 17.5 Å². The fraction of sp³-hybridized carbons (Fsp3) is 0.154. The lowest BCUT2D eigenvalue weighted by Gasteiger charge is -2.28. The number of carboxylic acid groups (broad SMARTS) is 1. The quantitative estimate of drug-likeness (QED) is 0.365. The number of allylic oxidation sites excluding steroid dienone is 2. The third-order valence-corrected chi connectivity index (χ3v) is 5.64. The molecule has 3 rings (SSSR count). The van der Waals surface area contributed by atoms with Crippen molar-refractivity contribution in [3.8, 4) is 0 Å². The van der Waals surface area contributed by atoms with Gasteiger partial charge in [0.05, 0.1) is 22.8 Å². The molecule has 0 fully saturated rings. The second-order valence-corrected chi connectivity index (χ2v) is 8.34. The number of nitrogens with zero attached hydrogens (tertiary/aromatic N) is 3. The van der Waals surface area contributed by atoms with Crippen molar-refractivity contribution in [3.63, 3.8) is 0 Å². The van der Waals surface area contributed by atoms with Crippen LogP contribution in [0.4, 0.5) is 11.4 Å². The number of imide groups is 1. The molecule has 0 radical (unpaired) electrons. The lowest BCUT2D eigenvalue weighted by atomic mass is 9.95. The number of hydrogen-bond donors (Lipinski definition) is 1. The summed E-state index contributed by atoms with van der Waals surface area (Å²) in [7, 11) is 3.90. The molecule has 0 atom stereocenters. The van der Waals surface area contributed by atoms with Gasteiger partial charge in [-0.15, -0.1) is 0 Å². The summed E-state index contributed by atoms with van der Waals surface area (Å²) >= 11 is 6.22. The Morgan fingerprint density at radius 3 is 2.32 bits per heavy atom. The van der Waals surface area contributed by atoms with Crippen LogP contribution < -0.4 is 9.80 Å². The highest BCUT2D eigenvalue weighted by Crippen LogP contribution is 2.35. The van der Waals surface area contributed by atoms with Crippen LogP contribution in [0.5, 0.6) is 0 Å². The summed E-state index contributed by atoms with van der Waals surface area (Å²) in [4.78, 5) is 43.9. The predicted molar refractivity (Wildman–Crippen MR) is 133 cm³/mol. The third-order valence-electron chi connectivity index (χ3n) is 5.32. The molecule has 172 valence electrons. The van der Waals surface area contributed by atoms with Crippen LogP contribution in [0.25, 0.3) is 10.9 Å².